The largest absolute Gasteiger partial charge is 0.497 e. The molecule has 1 aromatic heterocycles. The summed E-state index contributed by atoms with van der Waals surface area (Å²) in [6.45, 7) is -0.390. The number of rotatable bonds is 6. The van der Waals surface area contributed by atoms with Crippen LogP contribution in [0.1, 0.15) is 11.4 Å². The Bertz CT molecular complexity index is 1130. The second-order valence-electron chi connectivity index (χ2n) is 5.81. The maximum atomic E-state index is 12.6. The van der Waals surface area contributed by atoms with E-state index in [-0.39, 0.29) is 24.5 Å². The molecule has 0 amide bonds. The average molecular weight is 375 g/mol. The number of nitrogens with zero attached hydrogens (tertiary/aromatic N) is 3. The number of aromatic nitrogens is 2. The van der Waals surface area contributed by atoms with Crippen molar-refractivity contribution in [3.05, 3.63) is 76.3 Å². The van der Waals surface area contributed by atoms with Gasteiger partial charge in [-0.05, 0) is 35.9 Å². The van der Waals surface area contributed by atoms with E-state index in [0.29, 0.717) is 10.9 Å². The van der Waals surface area contributed by atoms with Crippen LogP contribution in [0, 0.1) is 11.3 Å². The zero-order valence-corrected chi connectivity index (χ0v) is 15.2. The van der Waals surface area contributed by atoms with E-state index in [1.165, 1.54) is 10.6 Å². The predicted octanol–water partition coefficient (Wildman–Crippen LogP) is 2.69. The van der Waals surface area contributed by atoms with Gasteiger partial charge >= 0.3 is 5.97 Å². The van der Waals surface area contributed by atoms with Gasteiger partial charge in [-0.1, -0.05) is 24.3 Å². The summed E-state index contributed by atoms with van der Waals surface area (Å²) < 4.78 is 11.5. The lowest BCUT2D eigenvalue weighted by atomic mass is 10.2. The van der Waals surface area contributed by atoms with Crippen molar-refractivity contribution in [1.82, 2.24) is 9.55 Å². The van der Waals surface area contributed by atoms with Gasteiger partial charge < -0.3 is 9.47 Å². The summed E-state index contributed by atoms with van der Waals surface area (Å²) in [6.07, 6.45) is 2.90. The molecule has 7 nitrogen and oxygen atoms in total. The molecule has 0 unspecified atom stereocenters. The molecule has 1 heterocycles. The van der Waals surface area contributed by atoms with Gasteiger partial charge in [0.2, 0.25) is 0 Å². The van der Waals surface area contributed by atoms with Crippen LogP contribution >= 0.6 is 0 Å². The van der Waals surface area contributed by atoms with E-state index in [0.717, 1.165) is 11.3 Å². The minimum Gasteiger partial charge on any atom is -0.497 e. The Morgan fingerprint density at radius 1 is 1.21 bits per heavy atom. The van der Waals surface area contributed by atoms with Crippen LogP contribution in [0.5, 0.6) is 5.75 Å². The van der Waals surface area contributed by atoms with Crippen molar-refractivity contribution >= 4 is 22.9 Å². The highest BCUT2D eigenvalue weighted by molar-refractivity contribution is 5.87. The summed E-state index contributed by atoms with van der Waals surface area (Å²) in [4.78, 5) is 28.9. The van der Waals surface area contributed by atoms with Crippen LogP contribution in [-0.4, -0.2) is 22.6 Å². The fraction of sp³-hybridized carbons (Fsp3) is 0.143. The number of hydrogen-bond acceptors (Lipinski definition) is 6. The van der Waals surface area contributed by atoms with Crippen molar-refractivity contribution in [2.75, 3.05) is 7.11 Å². The van der Waals surface area contributed by atoms with Crippen LogP contribution in [0.3, 0.4) is 0 Å². The molecule has 28 heavy (non-hydrogen) atoms. The molecular formula is C21H17N3O4. The van der Waals surface area contributed by atoms with Gasteiger partial charge in [-0.2, -0.15) is 5.26 Å². The van der Waals surface area contributed by atoms with Crippen LogP contribution in [0.4, 0.5) is 0 Å². The first-order chi connectivity index (χ1) is 13.6. The second-order valence-corrected chi connectivity index (χ2v) is 5.81. The molecule has 0 saturated heterocycles. The highest BCUT2D eigenvalue weighted by Crippen LogP contribution is 2.13. The number of fused-ring (bicyclic) bond motifs is 1. The Morgan fingerprint density at radius 3 is 2.68 bits per heavy atom. The number of methoxy groups -OCH3 is 1. The van der Waals surface area contributed by atoms with Crippen molar-refractivity contribution in [3.8, 4) is 11.8 Å². The monoisotopic (exact) mass is 375 g/mol. The fourth-order valence-electron chi connectivity index (χ4n) is 2.62. The molecule has 0 atom stereocenters. The van der Waals surface area contributed by atoms with Crippen molar-refractivity contribution in [2.45, 2.75) is 13.2 Å². The number of carbonyl (C=O) groups excluding carboxylic acids is 1. The highest BCUT2D eigenvalue weighted by atomic mass is 16.5. The molecule has 0 spiro atoms. The molecular weight excluding hydrogens is 358 g/mol. The second kappa shape index (κ2) is 8.64. The molecule has 0 fully saturated rings. The summed E-state index contributed by atoms with van der Waals surface area (Å²) in [5.41, 5.74) is 0.955. The van der Waals surface area contributed by atoms with Gasteiger partial charge in [0.15, 0.2) is 5.82 Å². The standard InChI is InChI=1S/C21H17N3O4/c1-27-16-9-6-15(7-10-16)8-11-20(25)28-14-19-23-18-5-3-2-4-17(18)21(26)24(19)13-12-22/h2-11H,13-14H2,1H3/b11-8+. The van der Waals surface area contributed by atoms with Gasteiger partial charge in [-0.3, -0.25) is 9.36 Å². The molecule has 3 aromatic rings. The van der Waals surface area contributed by atoms with E-state index >= 15 is 0 Å². The first-order valence-corrected chi connectivity index (χ1v) is 8.46. The van der Waals surface area contributed by atoms with E-state index in [2.05, 4.69) is 4.98 Å². The van der Waals surface area contributed by atoms with Crippen LogP contribution in [-0.2, 0) is 22.7 Å². The Balaban J connectivity index is 1.76. The molecule has 0 aliphatic carbocycles. The minimum atomic E-state index is -0.582. The summed E-state index contributed by atoms with van der Waals surface area (Å²) in [6, 6.07) is 15.9. The molecule has 140 valence electrons. The number of esters is 1. The van der Waals surface area contributed by atoms with Gasteiger partial charge in [-0.25, -0.2) is 9.78 Å². The molecule has 3 rings (SSSR count). The third-order valence-electron chi connectivity index (χ3n) is 4.04. The molecule has 0 radical (unpaired) electrons. The quantitative estimate of drug-likeness (QED) is 0.486. The predicted molar refractivity (Wildman–Crippen MR) is 103 cm³/mol. The molecule has 7 heteroatoms. The Kier molecular flexibility index (Phi) is 5.82. The fourth-order valence-corrected chi connectivity index (χ4v) is 2.62. The smallest absolute Gasteiger partial charge is 0.331 e. The van der Waals surface area contributed by atoms with E-state index < -0.39 is 5.97 Å². The van der Waals surface area contributed by atoms with Crippen LogP contribution < -0.4 is 10.3 Å². The zero-order chi connectivity index (χ0) is 19.9. The molecule has 0 bridgehead atoms. The van der Waals surface area contributed by atoms with Gasteiger partial charge in [0.1, 0.15) is 18.9 Å². The summed E-state index contributed by atoms with van der Waals surface area (Å²) in [7, 11) is 1.58. The lowest BCUT2D eigenvalue weighted by Gasteiger charge is -2.10. The molecule has 0 aliphatic heterocycles. The maximum Gasteiger partial charge on any atom is 0.331 e. The van der Waals surface area contributed by atoms with E-state index in [1.807, 2.05) is 6.07 Å². The Morgan fingerprint density at radius 2 is 1.96 bits per heavy atom. The molecule has 0 aliphatic rings. The van der Waals surface area contributed by atoms with Crippen molar-refractivity contribution < 1.29 is 14.3 Å². The SMILES string of the molecule is COc1ccc(/C=C/C(=O)OCc2nc3ccccc3c(=O)n2CC#N)cc1. The van der Waals surface area contributed by atoms with Crippen LogP contribution in [0.25, 0.3) is 17.0 Å². The van der Waals surface area contributed by atoms with Gasteiger partial charge in [0, 0.05) is 6.08 Å². The molecule has 2 aromatic carbocycles. The average Bonchev–Trinajstić information content (AvgIpc) is 2.73. The first-order valence-electron chi connectivity index (χ1n) is 8.46. The van der Waals surface area contributed by atoms with E-state index in [1.54, 1.807) is 61.7 Å². The number of hydrogen-bond donors (Lipinski definition) is 0. The summed E-state index contributed by atoms with van der Waals surface area (Å²) in [5, 5.41) is 9.41. The first kappa shape index (κ1) is 18.9. The van der Waals surface area contributed by atoms with Crippen molar-refractivity contribution in [1.29, 1.82) is 5.26 Å². The highest BCUT2D eigenvalue weighted by Gasteiger charge is 2.12. The topological polar surface area (TPSA) is 94.2 Å². The van der Waals surface area contributed by atoms with Gasteiger partial charge in [0.05, 0.1) is 24.1 Å². The number of benzene rings is 2. The number of para-hydroxylation sites is 1. The number of nitriles is 1. The third-order valence-corrected chi connectivity index (χ3v) is 4.04. The van der Waals surface area contributed by atoms with E-state index in [9.17, 15) is 9.59 Å². The Hall–Kier alpha value is -3.92. The van der Waals surface area contributed by atoms with Gasteiger partial charge in [0.25, 0.3) is 5.56 Å². The lowest BCUT2D eigenvalue weighted by molar-refractivity contribution is -0.139. The van der Waals surface area contributed by atoms with Crippen molar-refractivity contribution in [3.63, 3.8) is 0 Å². The Labute approximate surface area is 161 Å². The molecule has 0 N–H and O–H groups in total. The normalized spacial score (nSPS) is 10.7. The number of ether oxygens (including phenoxy) is 2. The van der Waals surface area contributed by atoms with Crippen LogP contribution in [0.15, 0.2) is 59.4 Å². The lowest BCUT2D eigenvalue weighted by Crippen LogP contribution is -2.26. The van der Waals surface area contributed by atoms with Crippen LogP contribution in [0.2, 0.25) is 0 Å². The minimum absolute atomic E-state index is 0.175. The van der Waals surface area contributed by atoms with E-state index in [4.69, 9.17) is 14.7 Å². The summed E-state index contributed by atoms with van der Waals surface area (Å²) >= 11 is 0. The zero-order valence-electron chi connectivity index (χ0n) is 15.2. The maximum absolute atomic E-state index is 12.6. The number of carbonyl (C=O) groups is 1. The van der Waals surface area contributed by atoms with Gasteiger partial charge in [-0.15, -0.1) is 0 Å². The van der Waals surface area contributed by atoms with Crippen molar-refractivity contribution in [2.24, 2.45) is 0 Å². The summed E-state index contributed by atoms with van der Waals surface area (Å²) in [5.74, 6) is 0.357. The molecule has 0 saturated carbocycles. The third kappa shape index (κ3) is 4.24.